The topological polar surface area (TPSA) is 75.4 Å². The molecule has 7 nitrogen and oxygen atoms in total. The van der Waals surface area contributed by atoms with E-state index in [0.717, 1.165) is 90.1 Å². The SMILES string of the molecule is Cc1cc2ncc3cc(-c4ccccc4)c(-c4ccc(CN5CCC(C(=O)NC6CCC6)CC5)cc4)nc3n2n1. The molecule has 1 aliphatic carbocycles. The van der Waals surface area contributed by atoms with Crippen molar-refractivity contribution < 1.29 is 4.79 Å². The van der Waals surface area contributed by atoms with E-state index in [1.807, 2.05) is 29.8 Å². The van der Waals surface area contributed by atoms with Crippen LogP contribution in [0.2, 0.25) is 0 Å². The number of nitrogens with zero attached hydrogens (tertiary/aromatic N) is 5. The number of likely N-dealkylation sites (tertiary alicyclic amines) is 1. The zero-order chi connectivity index (χ0) is 27.1. The second-order valence-electron chi connectivity index (χ2n) is 11.4. The third-order valence-corrected chi connectivity index (χ3v) is 8.51. The first-order chi connectivity index (χ1) is 19.6. The van der Waals surface area contributed by atoms with Gasteiger partial charge in [0.05, 0.1) is 11.4 Å². The number of pyridine rings is 1. The van der Waals surface area contributed by atoms with E-state index in [2.05, 4.69) is 74.9 Å². The maximum Gasteiger partial charge on any atom is 0.223 e. The smallest absolute Gasteiger partial charge is 0.223 e. The highest BCUT2D eigenvalue weighted by atomic mass is 16.2. The lowest BCUT2D eigenvalue weighted by Crippen LogP contribution is -2.45. The van der Waals surface area contributed by atoms with Crippen molar-refractivity contribution >= 4 is 22.6 Å². The van der Waals surface area contributed by atoms with Gasteiger partial charge in [-0.2, -0.15) is 9.61 Å². The van der Waals surface area contributed by atoms with Gasteiger partial charge in [0, 0.05) is 47.3 Å². The molecule has 0 atom stereocenters. The molecule has 202 valence electrons. The summed E-state index contributed by atoms with van der Waals surface area (Å²) < 4.78 is 1.84. The Kier molecular flexibility index (Phi) is 6.52. The van der Waals surface area contributed by atoms with E-state index in [9.17, 15) is 4.79 Å². The summed E-state index contributed by atoms with van der Waals surface area (Å²) in [6.45, 7) is 4.79. The molecule has 1 saturated carbocycles. The molecule has 4 heterocycles. The monoisotopic (exact) mass is 530 g/mol. The van der Waals surface area contributed by atoms with Gasteiger partial charge in [-0.25, -0.2) is 9.97 Å². The molecular weight excluding hydrogens is 496 g/mol. The van der Waals surface area contributed by atoms with Crippen LogP contribution in [-0.2, 0) is 11.3 Å². The van der Waals surface area contributed by atoms with E-state index in [1.165, 1.54) is 12.0 Å². The minimum atomic E-state index is 0.162. The molecule has 2 aromatic carbocycles. The fourth-order valence-electron chi connectivity index (χ4n) is 5.96. The number of carbonyl (C=O) groups excluding carboxylic acids is 1. The molecule has 40 heavy (non-hydrogen) atoms. The van der Waals surface area contributed by atoms with Gasteiger partial charge in [-0.1, -0.05) is 54.6 Å². The molecule has 1 amide bonds. The lowest BCUT2D eigenvalue weighted by atomic mass is 9.90. The maximum atomic E-state index is 12.6. The number of fused-ring (bicyclic) bond motifs is 3. The predicted octanol–water partition coefficient (Wildman–Crippen LogP) is 5.80. The molecule has 0 spiro atoms. The highest BCUT2D eigenvalue weighted by Crippen LogP contribution is 2.34. The molecule has 0 unspecified atom stereocenters. The number of amides is 1. The fourth-order valence-corrected chi connectivity index (χ4v) is 5.96. The van der Waals surface area contributed by atoms with Crippen molar-refractivity contribution in [3.05, 3.63) is 84.2 Å². The molecular formula is C33H34N6O. The van der Waals surface area contributed by atoms with Crippen molar-refractivity contribution in [3.63, 3.8) is 0 Å². The predicted molar refractivity (Wildman–Crippen MR) is 158 cm³/mol. The summed E-state index contributed by atoms with van der Waals surface area (Å²) in [6.07, 6.45) is 7.30. The maximum absolute atomic E-state index is 12.6. The van der Waals surface area contributed by atoms with E-state index in [1.54, 1.807) is 0 Å². The molecule has 1 aliphatic heterocycles. The summed E-state index contributed by atoms with van der Waals surface area (Å²) in [5.41, 5.74) is 8.01. The Labute approximate surface area is 234 Å². The lowest BCUT2D eigenvalue weighted by molar-refractivity contribution is -0.127. The van der Waals surface area contributed by atoms with Crippen LogP contribution in [-0.4, -0.2) is 49.5 Å². The number of piperidine rings is 1. The van der Waals surface area contributed by atoms with Crippen molar-refractivity contribution in [1.29, 1.82) is 0 Å². The molecule has 1 N–H and O–H groups in total. The van der Waals surface area contributed by atoms with E-state index >= 15 is 0 Å². The largest absolute Gasteiger partial charge is 0.353 e. The van der Waals surface area contributed by atoms with Crippen LogP contribution in [0.4, 0.5) is 0 Å². The molecule has 7 heteroatoms. The average molecular weight is 531 g/mol. The first-order valence-electron chi connectivity index (χ1n) is 14.4. The first kappa shape index (κ1) is 24.9. The summed E-state index contributed by atoms with van der Waals surface area (Å²) in [4.78, 5) is 24.8. The van der Waals surface area contributed by atoms with Gasteiger partial charge < -0.3 is 5.32 Å². The normalized spacial score (nSPS) is 16.8. The zero-order valence-corrected chi connectivity index (χ0v) is 22.9. The van der Waals surface area contributed by atoms with E-state index in [4.69, 9.17) is 4.98 Å². The van der Waals surface area contributed by atoms with Crippen molar-refractivity contribution in [2.75, 3.05) is 13.1 Å². The quantitative estimate of drug-likeness (QED) is 0.300. The Morgan fingerprint density at radius 3 is 2.45 bits per heavy atom. The first-order valence-corrected chi connectivity index (χ1v) is 14.4. The number of hydrogen-bond donors (Lipinski definition) is 1. The Morgan fingerprint density at radius 2 is 1.73 bits per heavy atom. The van der Waals surface area contributed by atoms with Crippen LogP contribution >= 0.6 is 0 Å². The van der Waals surface area contributed by atoms with Crippen LogP contribution in [0.1, 0.15) is 43.4 Å². The summed E-state index contributed by atoms with van der Waals surface area (Å²) in [6, 6.07) is 23.8. The Hall–Kier alpha value is -4.10. The van der Waals surface area contributed by atoms with E-state index in [-0.39, 0.29) is 11.8 Å². The van der Waals surface area contributed by atoms with Gasteiger partial charge >= 0.3 is 0 Å². The molecule has 2 aliphatic rings. The molecule has 3 aromatic heterocycles. The second-order valence-corrected chi connectivity index (χ2v) is 11.4. The highest BCUT2D eigenvalue weighted by Gasteiger charge is 2.28. The van der Waals surface area contributed by atoms with Crippen molar-refractivity contribution in [3.8, 4) is 22.4 Å². The van der Waals surface area contributed by atoms with Crippen molar-refractivity contribution in [2.24, 2.45) is 5.92 Å². The van der Waals surface area contributed by atoms with Crippen LogP contribution in [0.3, 0.4) is 0 Å². The number of rotatable bonds is 6. The number of carbonyl (C=O) groups is 1. The molecule has 1 saturated heterocycles. The third kappa shape index (κ3) is 4.86. The minimum absolute atomic E-state index is 0.162. The molecule has 5 aromatic rings. The summed E-state index contributed by atoms with van der Waals surface area (Å²) in [5.74, 6) is 0.430. The third-order valence-electron chi connectivity index (χ3n) is 8.51. The van der Waals surface area contributed by atoms with Gasteiger partial charge in [0.15, 0.2) is 11.3 Å². The lowest BCUT2D eigenvalue weighted by Gasteiger charge is -2.33. The number of aryl methyl sites for hydroxylation is 1. The van der Waals surface area contributed by atoms with Gasteiger partial charge in [-0.15, -0.1) is 0 Å². The molecule has 0 bridgehead atoms. The van der Waals surface area contributed by atoms with Gasteiger partial charge in [0.2, 0.25) is 5.91 Å². The Morgan fingerprint density at radius 1 is 0.950 bits per heavy atom. The van der Waals surface area contributed by atoms with Crippen LogP contribution in [0, 0.1) is 12.8 Å². The second kappa shape index (κ2) is 10.5. The van der Waals surface area contributed by atoms with Gasteiger partial charge in [-0.05, 0) is 69.3 Å². The van der Waals surface area contributed by atoms with Gasteiger partial charge in [0.25, 0.3) is 0 Å². The van der Waals surface area contributed by atoms with Crippen molar-refractivity contribution in [2.45, 2.75) is 51.6 Å². The molecule has 2 fully saturated rings. The van der Waals surface area contributed by atoms with Crippen molar-refractivity contribution in [1.82, 2.24) is 29.8 Å². The van der Waals surface area contributed by atoms with E-state index in [0.29, 0.717) is 6.04 Å². The average Bonchev–Trinajstić information content (AvgIpc) is 3.36. The van der Waals surface area contributed by atoms with E-state index < -0.39 is 0 Å². The van der Waals surface area contributed by atoms with Crippen LogP contribution < -0.4 is 5.32 Å². The summed E-state index contributed by atoms with van der Waals surface area (Å²) in [7, 11) is 0. The number of nitrogens with one attached hydrogen (secondary N) is 1. The molecule has 7 rings (SSSR count). The Bertz CT molecular complexity index is 1660. The minimum Gasteiger partial charge on any atom is -0.353 e. The highest BCUT2D eigenvalue weighted by molar-refractivity contribution is 5.90. The van der Waals surface area contributed by atoms with Gasteiger partial charge in [-0.3, -0.25) is 9.69 Å². The number of hydrogen-bond acceptors (Lipinski definition) is 5. The summed E-state index contributed by atoms with van der Waals surface area (Å²) in [5, 5.41) is 8.85. The Balaban J connectivity index is 1.13. The zero-order valence-electron chi connectivity index (χ0n) is 22.9. The van der Waals surface area contributed by atoms with Gasteiger partial charge in [0.1, 0.15) is 0 Å². The summed E-state index contributed by atoms with van der Waals surface area (Å²) >= 11 is 0. The van der Waals surface area contributed by atoms with Crippen LogP contribution in [0.25, 0.3) is 39.1 Å². The number of aromatic nitrogens is 4. The number of benzene rings is 2. The molecule has 0 radical (unpaired) electrons. The van der Waals surface area contributed by atoms with Crippen LogP contribution in [0.5, 0.6) is 0 Å². The standard InChI is InChI=1S/C33H34N6O/c1-22-18-30-34-20-27-19-29(24-6-3-2-4-7-24)31(36-32(27)39(30)37-22)25-12-10-23(11-13-25)21-38-16-14-26(15-17-38)33(40)35-28-8-5-9-28/h2-4,6-7,10-13,18-20,26,28H,5,8-9,14-17,21H2,1H3,(H,35,40). The fraction of sp³-hybridized carbons (Fsp3) is 0.333. The van der Waals surface area contributed by atoms with Crippen LogP contribution in [0.15, 0.2) is 72.9 Å².